The molecule has 0 fully saturated rings. The average Bonchev–Trinajstić information content (AvgIpc) is 2.91. The van der Waals surface area contributed by atoms with Gasteiger partial charge in [-0.2, -0.15) is 0 Å². The number of ketones is 1. The van der Waals surface area contributed by atoms with Gasteiger partial charge in [-0.25, -0.2) is 4.98 Å². The number of rotatable bonds is 6. The van der Waals surface area contributed by atoms with Gasteiger partial charge >= 0.3 is 0 Å². The fraction of sp³-hybridized carbons (Fsp3) is 0.447. The van der Waals surface area contributed by atoms with E-state index in [9.17, 15) is 9.90 Å². The Morgan fingerprint density at radius 1 is 0.884 bits per heavy atom. The van der Waals surface area contributed by atoms with Gasteiger partial charge in [0.1, 0.15) is 12.1 Å². The Morgan fingerprint density at radius 3 is 2.07 bits per heavy atom. The Hall–Kier alpha value is -2.88. The summed E-state index contributed by atoms with van der Waals surface area (Å²) >= 11 is 0. The Kier molecular flexibility index (Phi) is 11.7. The van der Waals surface area contributed by atoms with Crippen molar-refractivity contribution in [3.63, 3.8) is 0 Å². The molecule has 3 aromatic carbocycles. The van der Waals surface area contributed by atoms with Crippen molar-refractivity contribution in [1.82, 2.24) is 9.97 Å². The SMILES string of the molecule is CCC(C)(C)C(=O)/C=C(\O)C(C)(C)CC.Cc1[c-]c(-c2ncnc3c2ccc2cc(C(C)(C)C)cc(C)c23)cc(C)c1.[Ir]. The molecule has 4 aromatic rings. The number of hydrogen-bond acceptors (Lipinski definition) is 4. The van der Waals surface area contributed by atoms with Gasteiger partial charge < -0.3 is 5.11 Å². The first kappa shape index (κ1) is 36.3. The number of aromatic nitrogens is 2. The number of nitrogens with zero attached hydrogens (tertiary/aromatic N) is 2. The molecule has 1 N–H and O–H groups in total. The molecule has 0 saturated carbocycles. The van der Waals surface area contributed by atoms with Gasteiger partial charge in [0.05, 0.1) is 5.52 Å². The minimum atomic E-state index is -0.377. The molecule has 4 rings (SSSR count). The molecule has 1 aromatic heterocycles. The third-order valence-electron chi connectivity index (χ3n) is 8.58. The molecular formula is C38H49IrN2O2-. The molecule has 4 nitrogen and oxygen atoms in total. The number of aliphatic hydroxyl groups excluding tert-OH is 1. The Bertz CT molecular complexity index is 1620. The van der Waals surface area contributed by atoms with Gasteiger partial charge in [-0.05, 0) is 52.8 Å². The number of carbonyl (C=O) groups excluding carboxylic acids is 1. The van der Waals surface area contributed by atoms with Crippen molar-refractivity contribution >= 4 is 27.5 Å². The first-order valence-electron chi connectivity index (χ1n) is 15.1. The molecule has 0 aliphatic heterocycles. The number of aliphatic hydroxyl groups is 1. The molecule has 0 aliphatic carbocycles. The minimum absolute atomic E-state index is 0. The van der Waals surface area contributed by atoms with E-state index in [1.54, 1.807) is 6.33 Å². The predicted molar refractivity (Wildman–Crippen MR) is 178 cm³/mol. The van der Waals surface area contributed by atoms with Gasteiger partial charge in [-0.1, -0.05) is 100 Å². The van der Waals surface area contributed by atoms with Crippen LogP contribution in [0.25, 0.3) is 32.9 Å². The average molecular weight is 758 g/mol. The largest absolute Gasteiger partial charge is 0.512 e. The van der Waals surface area contributed by atoms with Crippen LogP contribution in [0.15, 0.2) is 54.6 Å². The van der Waals surface area contributed by atoms with Gasteiger partial charge in [0.2, 0.25) is 0 Å². The van der Waals surface area contributed by atoms with Crippen LogP contribution in [0.4, 0.5) is 0 Å². The van der Waals surface area contributed by atoms with Crippen molar-refractivity contribution < 1.29 is 30.0 Å². The minimum Gasteiger partial charge on any atom is -0.512 e. The van der Waals surface area contributed by atoms with Gasteiger partial charge in [0.15, 0.2) is 5.78 Å². The second kappa shape index (κ2) is 13.8. The summed E-state index contributed by atoms with van der Waals surface area (Å²) in [4.78, 5) is 21.1. The van der Waals surface area contributed by atoms with Crippen LogP contribution >= 0.6 is 0 Å². The number of benzene rings is 3. The third kappa shape index (κ3) is 8.40. The molecule has 0 unspecified atom stereocenters. The summed E-state index contributed by atoms with van der Waals surface area (Å²) in [7, 11) is 0. The Labute approximate surface area is 272 Å². The van der Waals surface area contributed by atoms with Gasteiger partial charge in [0, 0.05) is 42.4 Å². The number of allylic oxidation sites excluding steroid dienone is 2. The zero-order valence-corrected chi connectivity index (χ0v) is 30.5. The number of aryl methyl sites for hydroxylation is 3. The van der Waals surface area contributed by atoms with Crippen LogP contribution in [0.5, 0.6) is 0 Å². The van der Waals surface area contributed by atoms with E-state index in [4.69, 9.17) is 0 Å². The van der Waals surface area contributed by atoms with Crippen LogP contribution in [0.3, 0.4) is 0 Å². The van der Waals surface area contributed by atoms with E-state index in [1.807, 2.05) is 41.5 Å². The quantitative estimate of drug-likeness (QED) is 0.0921. The predicted octanol–water partition coefficient (Wildman–Crippen LogP) is 10.3. The standard InChI is InChI=1S/C25H25N2.C13H24O2.Ir/c1-15-9-16(2)11-19(10-15)23-21-8-7-18-13-20(25(4,5)6)12-17(3)22(18)24(21)27-14-26-23;1-7-12(3,4)10(14)9-11(15)13(5,6)8-2;/h7-10,12-14H,1-6H3;9,14H,7-8H2,1-6H3;/q-1;;/b;10-9-;. The summed E-state index contributed by atoms with van der Waals surface area (Å²) in [6, 6.07) is 16.7. The van der Waals surface area contributed by atoms with Crippen LogP contribution in [0.2, 0.25) is 0 Å². The summed E-state index contributed by atoms with van der Waals surface area (Å²) in [5.74, 6) is 0.195. The van der Waals surface area contributed by atoms with Crippen molar-refractivity contribution in [3.8, 4) is 11.3 Å². The van der Waals surface area contributed by atoms with E-state index in [1.165, 1.54) is 33.5 Å². The summed E-state index contributed by atoms with van der Waals surface area (Å²) in [5.41, 5.74) is 7.40. The monoisotopic (exact) mass is 758 g/mol. The van der Waals surface area contributed by atoms with E-state index < -0.39 is 0 Å². The fourth-order valence-electron chi connectivity index (χ4n) is 4.74. The maximum atomic E-state index is 11.8. The topological polar surface area (TPSA) is 63.1 Å². The van der Waals surface area contributed by atoms with Gasteiger partial charge in [-0.3, -0.25) is 9.78 Å². The van der Waals surface area contributed by atoms with Gasteiger partial charge in [-0.15, -0.1) is 34.9 Å². The maximum Gasteiger partial charge on any atom is 0.164 e. The number of hydrogen-bond donors (Lipinski definition) is 1. The number of fused-ring (bicyclic) bond motifs is 3. The normalized spacial score (nSPS) is 12.5. The second-order valence-electron chi connectivity index (χ2n) is 13.9. The molecule has 0 aliphatic rings. The molecule has 0 bridgehead atoms. The maximum absolute atomic E-state index is 11.8. The molecule has 0 atom stereocenters. The van der Waals surface area contributed by atoms with Crippen molar-refractivity contribution in [2.24, 2.45) is 10.8 Å². The summed E-state index contributed by atoms with van der Waals surface area (Å²) in [6.45, 7) is 24.8. The molecule has 0 amide bonds. The van der Waals surface area contributed by atoms with Crippen molar-refractivity contribution in [2.45, 2.75) is 101 Å². The second-order valence-corrected chi connectivity index (χ2v) is 13.9. The summed E-state index contributed by atoms with van der Waals surface area (Å²) < 4.78 is 0. The van der Waals surface area contributed by atoms with Crippen molar-refractivity contribution in [2.75, 3.05) is 0 Å². The third-order valence-corrected chi connectivity index (χ3v) is 8.58. The fourth-order valence-corrected chi connectivity index (χ4v) is 4.74. The van der Waals surface area contributed by atoms with Crippen LogP contribution in [-0.2, 0) is 30.3 Å². The smallest absolute Gasteiger partial charge is 0.164 e. The van der Waals surface area contributed by atoms with Crippen molar-refractivity contribution in [1.29, 1.82) is 0 Å². The zero-order chi connectivity index (χ0) is 31.6. The molecule has 1 heterocycles. The van der Waals surface area contributed by atoms with Crippen LogP contribution in [0, 0.1) is 37.7 Å². The Balaban J connectivity index is 0.000000348. The van der Waals surface area contributed by atoms with Crippen LogP contribution in [-0.4, -0.2) is 20.9 Å². The molecule has 43 heavy (non-hydrogen) atoms. The van der Waals surface area contributed by atoms with Crippen LogP contribution < -0.4 is 0 Å². The molecular weight excluding hydrogens is 709 g/mol. The number of carbonyl (C=O) groups is 1. The van der Waals surface area contributed by atoms with E-state index in [0.717, 1.165) is 40.6 Å². The summed E-state index contributed by atoms with van der Waals surface area (Å²) in [6.07, 6.45) is 4.67. The molecule has 0 saturated heterocycles. The molecule has 0 spiro atoms. The van der Waals surface area contributed by atoms with Gasteiger partial charge in [0.25, 0.3) is 0 Å². The zero-order valence-electron chi connectivity index (χ0n) is 28.1. The van der Waals surface area contributed by atoms with Crippen LogP contribution in [0.1, 0.15) is 97.4 Å². The van der Waals surface area contributed by atoms with Crippen molar-refractivity contribution in [3.05, 3.63) is 82.9 Å². The molecule has 1 radical (unpaired) electrons. The molecule has 5 heteroatoms. The summed E-state index contributed by atoms with van der Waals surface area (Å²) in [5, 5.41) is 13.4. The first-order valence-corrected chi connectivity index (χ1v) is 15.1. The van der Waals surface area contributed by atoms with E-state index in [2.05, 4.69) is 94.0 Å². The first-order chi connectivity index (χ1) is 19.4. The van der Waals surface area contributed by atoms with E-state index in [0.29, 0.717) is 0 Å². The van der Waals surface area contributed by atoms with E-state index >= 15 is 0 Å². The van der Waals surface area contributed by atoms with E-state index in [-0.39, 0.29) is 47.9 Å². The molecule has 233 valence electrons. The Morgan fingerprint density at radius 2 is 1.51 bits per heavy atom.